The first kappa shape index (κ1) is 15.5. The summed E-state index contributed by atoms with van der Waals surface area (Å²) in [7, 11) is 1.60. The van der Waals surface area contributed by atoms with E-state index >= 15 is 0 Å². The molecule has 0 N–H and O–H groups in total. The van der Waals surface area contributed by atoms with Crippen molar-refractivity contribution in [2.24, 2.45) is 0 Å². The monoisotopic (exact) mass is 361 g/mol. The van der Waals surface area contributed by atoms with Crippen molar-refractivity contribution in [1.29, 1.82) is 0 Å². The van der Waals surface area contributed by atoms with Crippen LogP contribution in [-0.2, 0) is 9.67 Å². The van der Waals surface area contributed by atoms with E-state index < -0.39 is 4.87 Å². The van der Waals surface area contributed by atoms with Crippen molar-refractivity contribution in [1.82, 2.24) is 0 Å². The van der Waals surface area contributed by atoms with E-state index in [2.05, 4.69) is 0 Å². The molecule has 128 valence electrons. The quantitative estimate of drug-likeness (QED) is 0.693. The molecule has 2 aliphatic rings. The largest absolute Gasteiger partial charge is 0.497 e. The molecule has 1 unspecified atom stereocenters. The van der Waals surface area contributed by atoms with Crippen LogP contribution in [0.3, 0.4) is 0 Å². The van der Waals surface area contributed by atoms with Gasteiger partial charge in [0.1, 0.15) is 5.75 Å². The second-order valence-corrected chi connectivity index (χ2v) is 7.57. The fraction of sp³-hybridized carbons (Fsp3) is 0.143. The lowest BCUT2D eigenvalue weighted by Gasteiger charge is -2.33. The predicted molar refractivity (Wildman–Crippen MR) is 103 cm³/mol. The zero-order valence-corrected chi connectivity index (χ0v) is 14.9. The predicted octanol–water partition coefficient (Wildman–Crippen LogP) is 3.98. The molecule has 4 nitrogen and oxygen atoms in total. The number of hydrogen-bond acceptors (Lipinski definition) is 4. The van der Waals surface area contributed by atoms with Gasteiger partial charge in [0.2, 0.25) is 11.7 Å². The Morgan fingerprint density at radius 2 is 1.73 bits per heavy atom. The van der Waals surface area contributed by atoms with E-state index in [1.807, 2.05) is 60.7 Å². The van der Waals surface area contributed by atoms with Gasteiger partial charge in [0, 0.05) is 16.8 Å². The third-order valence-corrected chi connectivity index (χ3v) is 6.52. The van der Waals surface area contributed by atoms with Crippen LogP contribution < -0.4 is 9.64 Å². The first-order chi connectivity index (χ1) is 12.7. The Labute approximate surface area is 154 Å². The highest BCUT2D eigenvalue weighted by Crippen LogP contribution is 2.55. The van der Waals surface area contributed by atoms with E-state index in [0.29, 0.717) is 17.0 Å². The van der Waals surface area contributed by atoms with Crippen LogP contribution >= 0.6 is 11.8 Å². The number of ether oxygens (including phenoxy) is 1. The Morgan fingerprint density at radius 3 is 2.46 bits per heavy atom. The highest BCUT2D eigenvalue weighted by molar-refractivity contribution is 8.02. The topological polar surface area (TPSA) is 46.6 Å². The van der Waals surface area contributed by atoms with E-state index in [1.165, 1.54) is 11.8 Å². The Bertz CT molecular complexity index is 1070. The number of benzene rings is 3. The molecular formula is C21H15NO3S. The summed E-state index contributed by atoms with van der Waals surface area (Å²) in [6, 6.07) is 19.0. The van der Waals surface area contributed by atoms with Gasteiger partial charge in [-0.25, -0.2) is 0 Å². The van der Waals surface area contributed by atoms with Crippen LogP contribution in [0.15, 0.2) is 60.7 Å². The lowest BCUT2D eigenvalue weighted by Crippen LogP contribution is -2.46. The van der Waals surface area contributed by atoms with Crippen molar-refractivity contribution < 1.29 is 14.3 Å². The fourth-order valence-corrected chi connectivity index (χ4v) is 5.38. The van der Waals surface area contributed by atoms with Crippen molar-refractivity contribution in [3.05, 3.63) is 71.8 Å². The average molecular weight is 361 g/mol. The molecule has 1 fully saturated rings. The number of nitrogens with zero attached hydrogens (tertiary/aromatic N) is 1. The number of carbonyl (C=O) groups is 2. The number of thioether (sulfide) groups is 1. The Kier molecular flexibility index (Phi) is 3.18. The molecule has 1 atom stereocenters. The molecule has 1 amide bonds. The van der Waals surface area contributed by atoms with Crippen molar-refractivity contribution in [2.45, 2.75) is 4.87 Å². The Balaban J connectivity index is 1.76. The minimum absolute atomic E-state index is 0.0176. The number of hydrogen-bond donors (Lipinski definition) is 0. The molecule has 26 heavy (non-hydrogen) atoms. The second-order valence-electron chi connectivity index (χ2n) is 6.40. The summed E-state index contributed by atoms with van der Waals surface area (Å²) in [5, 5.41) is 1.99. The van der Waals surface area contributed by atoms with Gasteiger partial charge >= 0.3 is 0 Å². The summed E-state index contributed by atoms with van der Waals surface area (Å²) in [5.41, 5.74) is 2.31. The van der Waals surface area contributed by atoms with E-state index in [1.54, 1.807) is 12.0 Å². The van der Waals surface area contributed by atoms with E-state index in [-0.39, 0.29) is 17.4 Å². The number of methoxy groups -OCH3 is 1. The number of ketones is 1. The van der Waals surface area contributed by atoms with Crippen LogP contribution in [0, 0.1) is 0 Å². The molecule has 3 aromatic rings. The maximum Gasteiger partial charge on any atom is 0.238 e. The summed E-state index contributed by atoms with van der Waals surface area (Å²) in [6.45, 7) is 0. The SMILES string of the molecule is COc1ccc(N2C(=O)CSC23C(=O)c2cccc4cccc3c24)cc1. The standard InChI is InChI=1S/C21H15NO3S/c1-25-15-10-8-14(9-11-15)22-18(23)12-26-21(22)17-7-3-5-13-4-2-6-16(19(13)17)20(21)24/h2-11H,12H2,1H3. The summed E-state index contributed by atoms with van der Waals surface area (Å²) >= 11 is 1.41. The fourth-order valence-electron chi connectivity index (χ4n) is 4.01. The highest BCUT2D eigenvalue weighted by atomic mass is 32.2. The molecule has 1 aliphatic heterocycles. The molecule has 5 heteroatoms. The highest BCUT2D eigenvalue weighted by Gasteiger charge is 2.58. The minimum atomic E-state index is -1.02. The van der Waals surface area contributed by atoms with Crippen LogP contribution in [0.4, 0.5) is 5.69 Å². The van der Waals surface area contributed by atoms with Gasteiger partial charge < -0.3 is 4.74 Å². The number of Topliss-reactive ketones (excluding diaryl/α,β-unsaturated/α-hetero) is 1. The molecule has 1 saturated heterocycles. The average Bonchev–Trinajstić information content (AvgIpc) is 3.15. The van der Waals surface area contributed by atoms with Crippen LogP contribution in [0.25, 0.3) is 10.8 Å². The Morgan fingerprint density at radius 1 is 1.00 bits per heavy atom. The number of fused-ring (bicyclic) bond motifs is 1. The number of anilines is 1. The summed E-state index contributed by atoms with van der Waals surface area (Å²) in [6.07, 6.45) is 0. The van der Waals surface area contributed by atoms with Gasteiger partial charge in [0.25, 0.3) is 0 Å². The van der Waals surface area contributed by atoms with E-state index in [0.717, 1.165) is 16.3 Å². The third kappa shape index (κ3) is 1.81. The van der Waals surface area contributed by atoms with Crippen molar-refractivity contribution in [3.8, 4) is 5.75 Å². The Hall–Kier alpha value is -2.79. The smallest absolute Gasteiger partial charge is 0.238 e. The van der Waals surface area contributed by atoms with Gasteiger partial charge in [-0.05, 0) is 35.0 Å². The number of carbonyl (C=O) groups excluding carboxylic acids is 2. The van der Waals surface area contributed by atoms with Gasteiger partial charge in [-0.15, -0.1) is 11.8 Å². The van der Waals surface area contributed by atoms with Crippen molar-refractivity contribution in [3.63, 3.8) is 0 Å². The van der Waals surface area contributed by atoms with Crippen LogP contribution in [-0.4, -0.2) is 24.6 Å². The molecule has 1 aliphatic carbocycles. The molecule has 1 spiro atoms. The van der Waals surface area contributed by atoms with Crippen LogP contribution in [0.2, 0.25) is 0 Å². The molecule has 0 radical (unpaired) electrons. The van der Waals surface area contributed by atoms with Crippen molar-refractivity contribution >= 4 is 39.9 Å². The lowest BCUT2D eigenvalue weighted by molar-refractivity contribution is -0.116. The van der Waals surface area contributed by atoms with Crippen LogP contribution in [0.1, 0.15) is 15.9 Å². The minimum Gasteiger partial charge on any atom is -0.497 e. The van der Waals surface area contributed by atoms with Gasteiger partial charge in [-0.3, -0.25) is 14.5 Å². The molecule has 0 aromatic heterocycles. The summed E-state index contributed by atoms with van der Waals surface area (Å²) in [4.78, 5) is 27.0. The van der Waals surface area contributed by atoms with Gasteiger partial charge in [0.05, 0.1) is 12.9 Å². The molecular weight excluding hydrogens is 346 g/mol. The molecule has 5 rings (SSSR count). The normalized spacial score (nSPS) is 21.2. The molecule has 3 aromatic carbocycles. The molecule has 0 bridgehead atoms. The van der Waals surface area contributed by atoms with Gasteiger partial charge in [-0.2, -0.15) is 0 Å². The first-order valence-corrected chi connectivity index (χ1v) is 9.33. The van der Waals surface area contributed by atoms with Crippen LogP contribution in [0.5, 0.6) is 5.75 Å². The third-order valence-electron chi connectivity index (χ3n) is 5.12. The van der Waals surface area contributed by atoms with Crippen molar-refractivity contribution in [2.75, 3.05) is 17.8 Å². The molecule has 1 heterocycles. The van der Waals surface area contributed by atoms with Gasteiger partial charge in [0.15, 0.2) is 4.87 Å². The van der Waals surface area contributed by atoms with E-state index in [9.17, 15) is 9.59 Å². The van der Waals surface area contributed by atoms with E-state index in [4.69, 9.17) is 4.74 Å². The lowest BCUT2D eigenvalue weighted by atomic mass is 10.0. The van der Waals surface area contributed by atoms with Gasteiger partial charge in [-0.1, -0.05) is 36.4 Å². The maximum absolute atomic E-state index is 13.5. The number of amides is 1. The second kappa shape index (κ2) is 5.35. The zero-order valence-electron chi connectivity index (χ0n) is 14.1. The molecule has 0 saturated carbocycles. The maximum atomic E-state index is 13.5. The zero-order chi connectivity index (χ0) is 17.9. The summed E-state index contributed by atoms with van der Waals surface area (Å²) < 4.78 is 5.22. The summed E-state index contributed by atoms with van der Waals surface area (Å²) in [5.74, 6) is 0.918. The first-order valence-electron chi connectivity index (χ1n) is 8.35. The number of rotatable bonds is 2.